The fourth-order valence-corrected chi connectivity index (χ4v) is 1.82. The average molecular weight is 259 g/mol. The van der Waals surface area contributed by atoms with E-state index in [1.54, 1.807) is 13.1 Å². The molecule has 5 heteroatoms. The predicted molar refractivity (Wildman–Crippen MR) is 74.1 cm³/mol. The number of para-hydroxylation sites is 2. The summed E-state index contributed by atoms with van der Waals surface area (Å²) in [7, 11) is 0. The molecule has 0 spiro atoms. The highest BCUT2D eigenvalue weighted by Crippen LogP contribution is 2.14. The first-order valence-corrected chi connectivity index (χ1v) is 6.37. The molecule has 0 amide bonds. The van der Waals surface area contributed by atoms with Crippen molar-refractivity contribution in [3.63, 3.8) is 0 Å². The second kappa shape index (κ2) is 6.13. The van der Waals surface area contributed by atoms with E-state index in [0.29, 0.717) is 19.0 Å². The second-order valence-corrected chi connectivity index (χ2v) is 4.04. The van der Waals surface area contributed by atoms with Gasteiger partial charge in [-0.15, -0.1) is 0 Å². The number of anilines is 1. The number of benzene rings is 1. The van der Waals surface area contributed by atoms with E-state index < -0.39 is 0 Å². The molecule has 5 nitrogen and oxygen atoms in total. The maximum absolute atomic E-state index is 11.5. The van der Waals surface area contributed by atoms with Gasteiger partial charge in [0.2, 0.25) is 0 Å². The molecule has 0 radical (unpaired) electrons. The van der Waals surface area contributed by atoms with Crippen molar-refractivity contribution in [2.75, 3.05) is 24.6 Å². The maximum Gasteiger partial charge on any atom is 0.325 e. The molecule has 0 aliphatic carbocycles. The molecular formula is C14H17N3O2. The van der Waals surface area contributed by atoms with Crippen LogP contribution in [0.2, 0.25) is 0 Å². The van der Waals surface area contributed by atoms with E-state index in [4.69, 9.17) is 4.74 Å². The summed E-state index contributed by atoms with van der Waals surface area (Å²) in [5, 5.41) is 0. The summed E-state index contributed by atoms with van der Waals surface area (Å²) in [6.07, 6.45) is 1.69. The fraction of sp³-hybridized carbons (Fsp3) is 0.357. The van der Waals surface area contributed by atoms with Crippen LogP contribution < -0.4 is 4.90 Å². The number of nitrogens with zero attached hydrogens (tertiary/aromatic N) is 3. The number of likely N-dealkylation sites (N-methyl/N-ethyl adjacent to an activating group) is 1. The third-order valence-electron chi connectivity index (χ3n) is 2.77. The Morgan fingerprint density at radius 2 is 2.00 bits per heavy atom. The van der Waals surface area contributed by atoms with Crippen LogP contribution in [0.1, 0.15) is 13.8 Å². The lowest BCUT2D eigenvalue weighted by Crippen LogP contribution is -2.31. The highest BCUT2D eigenvalue weighted by molar-refractivity contribution is 5.78. The lowest BCUT2D eigenvalue weighted by Gasteiger charge is -2.20. The van der Waals surface area contributed by atoms with Gasteiger partial charge in [0.15, 0.2) is 0 Å². The predicted octanol–water partition coefficient (Wildman–Crippen LogP) is 2.02. The standard InChI is InChI=1S/C14H17N3O2/c1-3-17(10-14(18)19-4-2)13-9-15-11-7-5-6-8-12(11)16-13/h5-9H,3-4,10H2,1-2H3. The average Bonchev–Trinajstić information content (AvgIpc) is 2.44. The Morgan fingerprint density at radius 1 is 1.26 bits per heavy atom. The molecule has 1 heterocycles. The van der Waals surface area contributed by atoms with Crippen LogP contribution in [0.3, 0.4) is 0 Å². The summed E-state index contributed by atoms with van der Waals surface area (Å²) in [5.74, 6) is 0.438. The van der Waals surface area contributed by atoms with E-state index in [1.165, 1.54) is 0 Å². The van der Waals surface area contributed by atoms with Gasteiger partial charge in [-0.2, -0.15) is 0 Å². The number of esters is 1. The number of carbonyl (C=O) groups excluding carboxylic acids is 1. The van der Waals surface area contributed by atoms with E-state index >= 15 is 0 Å². The van der Waals surface area contributed by atoms with Gasteiger partial charge in [-0.25, -0.2) is 4.98 Å². The van der Waals surface area contributed by atoms with Crippen molar-refractivity contribution in [3.05, 3.63) is 30.5 Å². The van der Waals surface area contributed by atoms with Gasteiger partial charge in [-0.1, -0.05) is 12.1 Å². The first kappa shape index (κ1) is 13.3. The Kier molecular flexibility index (Phi) is 4.28. The Hall–Kier alpha value is -2.17. The largest absolute Gasteiger partial charge is 0.465 e. The molecule has 0 fully saturated rings. The van der Waals surface area contributed by atoms with Crippen molar-refractivity contribution in [2.45, 2.75) is 13.8 Å². The zero-order valence-electron chi connectivity index (χ0n) is 11.2. The zero-order chi connectivity index (χ0) is 13.7. The van der Waals surface area contributed by atoms with Gasteiger partial charge >= 0.3 is 5.97 Å². The molecule has 0 saturated carbocycles. The van der Waals surface area contributed by atoms with Crippen molar-refractivity contribution < 1.29 is 9.53 Å². The number of fused-ring (bicyclic) bond motifs is 1. The van der Waals surface area contributed by atoms with Crippen LogP contribution in [0.15, 0.2) is 30.5 Å². The van der Waals surface area contributed by atoms with E-state index in [-0.39, 0.29) is 12.5 Å². The zero-order valence-corrected chi connectivity index (χ0v) is 11.2. The Labute approximate surface area is 112 Å². The molecule has 0 atom stereocenters. The second-order valence-electron chi connectivity index (χ2n) is 4.04. The Bertz CT molecular complexity index is 571. The molecule has 0 aliphatic heterocycles. The number of ether oxygens (including phenoxy) is 1. The van der Waals surface area contributed by atoms with Crippen LogP contribution in [0.4, 0.5) is 5.82 Å². The monoisotopic (exact) mass is 259 g/mol. The van der Waals surface area contributed by atoms with Gasteiger partial charge in [0.1, 0.15) is 12.4 Å². The van der Waals surface area contributed by atoms with Crippen LogP contribution in [0.25, 0.3) is 11.0 Å². The van der Waals surface area contributed by atoms with E-state index in [1.807, 2.05) is 36.1 Å². The summed E-state index contributed by atoms with van der Waals surface area (Å²) in [6, 6.07) is 7.66. The van der Waals surface area contributed by atoms with Gasteiger partial charge in [0.25, 0.3) is 0 Å². The van der Waals surface area contributed by atoms with Gasteiger partial charge in [0, 0.05) is 6.54 Å². The van der Waals surface area contributed by atoms with Crippen LogP contribution in [-0.4, -0.2) is 35.6 Å². The number of hydrogen-bond donors (Lipinski definition) is 0. The molecule has 2 aromatic rings. The number of rotatable bonds is 5. The minimum Gasteiger partial charge on any atom is -0.465 e. The third-order valence-corrected chi connectivity index (χ3v) is 2.77. The van der Waals surface area contributed by atoms with Crippen LogP contribution >= 0.6 is 0 Å². The molecule has 1 aromatic heterocycles. The Balaban J connectivity index is 2.22. The van der Waals surface area contributed by atoms with E-state index in [2.05, 4.69) is 9.97 Å². The normalized spacial score (nSPS) is 10.4. The first-order chi connectivity index (χ1) is 9.24. The highest BCUT2D eigenvalue weighted by atomic mass is 16.5. The van der Waals surface area contributed by atoms with Crippen LogP contribution in [0.5, 0.6) is 0 Å². The van der Waals surface area contributed by atoms with E-state index in [9.17, 15) is 4.79 Å². The number of hydrogen-bond acceptors (Lipinski definition) is 5. The smallest absolute Gasteiger partial charge is 0.325 e. The number of aromatic nitrogens is 2. The number of carbonyl (C=O) groups is 1. The lowest BCUT2D eigenvalue weighted by molar-refractivity contribution is -0.141. The lowest BCUT2D eigenvalue weighted by atomic mass is 10.3. The van der Waals surface area contributed by atoms with Crippen LogP contribution in [0, 0.1) is 0 Å². The molecular weight excluding hydrogens is 242 g/mol. The third kappa shape index (κ3) is 3.19. The van der Waals surface area contributed by atoms with Gasteiger partial charge in [-0.3, -0.25) is 9.78 Å². The fourth-order valence-electron chi connectivity index (χ4n) is 1.82. The quantitative estimate of drug-likeness (QED) is 0.769. The summed E-state index contributed by atoms with van der Waals surface area (Å²) < 4.78 is 4.95. The van der Waals surface area contributed by atoms with Gasteiger partial charge < -0.3 is 9.64 Å². The first-order valence-electron chi connectivity index (χ1n) is 6.37. The van der Waals surface area contributed by atoms with Crippen molar-refractivity contribution in [2.24, 2.45) is 0 Å². The molecule has 0 unspecified atom stereocenters. The van der Waals surface area contributed by atoms with Crippen molar-refractivity contribution in [1.29, 1.82) is 0 Å². The summed E-state index contributed by atoms with van der Waals surface area (Å²) in [4.78, 5) is 22.2. The molecule has 0 N–H and O–H groups in total. The molecule has 0 bridgehead atoms. The molecule has 0 saturated heterocycles. The minimum absolute atomic E-state index is 0.192. The van der Waals surface area contributed by atoms with Crippen molar-refractivity contribution in [1.82, 2.24) is 9.97 Å². The molecule has 1 aromatic carbocycles. The minimum atomic E-state index is -0.251. The van der Waals surface area contributed by atoms with Gasteiger partial charge in [-0.05, 0) is 26.0 Å². The van der Waals surface area contributed by atoms with Crippen molar-refractivity contribution in [3.8, 4) is 0 Å². The van der Waals surface area contributed by atoms with Crippen LogP contribution in [-0.2, 0) is 9.53 Å². The Morgan fingerprint density at radius 3 is 2.68 bits per heavy atom. The van der Waals surface area contributed by atoms with Crippen molar-refractivity contribution >= 4 is 22.8 Å². The summed E-state index contributed by atoms with van der Waals surface area (Å²) in [5.41, 5.74) is 1.67. The highest BCUT2D eigenvalue weighted by Gasteiger charge is 2.12. The molecule has 100 valence electrons. The SMILES string of the molecule is CCOC(=O)CN(CC)c1cnc2ccccc2n1. The van der Waals surface area contributed by atoms with E-state index in [0.717, 1.165) is 11.0 Å². The molecule has 0 aliphatic rings. The molecule has 19 heavy (non-hydrogen) atoms. The topological polar surface area (TPSA) is 55.3 Å². The maximum atomic E-state index is 11.5. The summed E-state index contributed by atoms with van der Waals surface area (Å²) >= 11 is 0. The summed E-state index contributed by atoms with van der Waals surface area (Å²) in [6.45, 7) is 5.02. The molecule has 2 rings (SSSR count). The van der Waals surface area contributed by atoms with Gasteiger partial charge in [0.05, 0.1) is 23.8 Å².